The van der Waals surface area contributed by atoms with Gasteiger partial charge in [0.05, 0.1) is 18.1 Å². The van der Waals surface area contributed by atoms with Crippen LogP contribution in [-0.2, 0) is 0 Å². The third kappa shape index (κ3) is 3.22. The van der Waals surface area contributed by atoms with Crippen LogP contribution in [0.2, 0.25) is 0 Å². The zero-order valence-corrected chi connectivity index (χ0v) is 13.7. The van der Waals surface area contributed by atoms with Crippen LogP contribution >= 0.6 is 11.3 Å². The number of nitrogens with zero attached hydrogens (tertiary/aromatic N) is 2. The van der Waals surface area contributed by atoms with Gasteiger partial charge < -0.3 is 14.8 Å². The van der Waals surface area contributed by atoms with Crippen LogP contribution in [0.1, 0.15) is 27.2 Å². The molecule has 2 rings (SSSR count). The quantitative estimate of drug-likeness (QED) is 0.586. The predicted molar refractivity (Wildman–Crippen MR) is 87.4 cm³/mol. The first-order chi connectivity index (χ1) is 10.6. The molecule has 0 saturated carbocycles. The molecule has 0 aliphatic rings. The highest BCUT2D eigenvalue weighted by Crippen LogP contribution is 2.45. The molecule has 0 aliphatic heterocycles. The molecule has 1 N–H and O–H groups in total. The number of thiazole rings is 1. The monoisotopic (exact) mass is 325 g/mol. The highest BCUT2D eigenvalue weighted by Gasteiger charge is 2.26. The van der Waals surface area contributed by atoms with E-state index in [4.69, 9.17) is 9.47 Å². The number of nitro benzene ring substituents is 1. The molecule has 0 fully saturated rings. The van der Waals surface area contributed by atoms with Crippen molar-refractivity contribution >= 4 is 32.4 Å². The predicted octanol–water partition coefficient (Wildman–Crippen LogP) is 3.82. The minimum absolute atomic E-state index is 0.0534. The number of ether oxygens (including phenoxy) is 2. The van der Waals surface area contributed by atoms with E-state index < -0.39 is 4.92 Å². The summed E-state index contributed by atoms with van der Waals surface area (Å²) in [6.07, 6.45) is 0.945. The van der Waals surface area contributed by atoms with E-state index in [0.717, 1.165) is 13.0 Å². The molecule has 7 nitrogen and oxygen atoms in total. The van der Waals surface area contributed by atoms with E-state index in [2.05, 4.69) is 10.3 Å². The van der Waals surface area contributed by atoms with Crippen LogP contribution in [0, 0.1) is 10.1 Å². The second-order valence-electron chi connectivity index (χ2n) is 4.47. The van der Waals surface area contributed by atoms with Crippen LogP contribution in [0.3, 0.4) is 0 Å². The van der Waals surface area contributed by atoms with Gasteiger partial charge in [0.15, 0.2) is 10.9 Å². The summed E-state index contributed by atoms with van der Waals surface area (Å²) < 4.78 is 11.5. The van der Waals surface area contributed by atoms with E-state index in [1.807, 2.05) is 13.8 Å². The summed E-state index contributed by atoms with van der Waals surface area (Å²) in [6.45, 7) is 7.24. The lowest BCUT2D eigenvalue weighted by Gasteiger charge is -2.08. The van der Waals surface area contributed by atoms with Crippen molar-refractivity contribution in [3.05, 3.63) is 16.2 Å². The smallest absolute Gasteiger partial charge is 0.330 e. The molecule has 0 amide bonds. The Morgan fingerprint density at radius 3 is 2.55 bits per heavy atom. The molecule has 2 aromatic rings. The van der Waals surface area contributed by atoms with Crippen molar-refractivity contribution in [1.82, 2.24) is 4.98 Å². The molecule has 0 saturated heterocycles. The van der Waals surface area contributed by atoms with Gasteiger partial charge in [-0.1, -0.05) is 18.3 Å². The average Bonchev–Trinajstić information content (AvgIpc) is 2.89. The van der Waals surface area contributed by atoms with Gasteiger partial charge in [0.2, 0.25) is 5.75 Å². The second-order valence-corrected chi connectivity index (χ2v) is 5.47. The summed E-state index contributed by atoms with van der Waals surface area (Å²) >= 11 is 1.25. The zero-order valence-electron chi connectivity index (χ0n) is 12.8. The van der Waals surface area contributed by atoms with E-state index in [9.17, 15) is 10.1 Å². The van der Waals surface area contributed by atoms with Crippen molar-refractivity contribution < 1.29 is 14.4 Å². The van der Waals surface area contributed by atoms with Gasteiger partial charge in [-0.15, -0.1) is 0 Å². The Labute approximate surface area is 132 Å². The van der Waals surface area contributed by atoms with Gasteiger partial charge >= 0.3 is 5.69 Å². The minimum atomic E-state index is -0.426. The Bertz CT molecular complexity index is 672. The summed E-state index contributed by atoms with van der Waals surface area (Å²) in [4.78, 5) is 15.5. The first-order valence-corrected chi connectivity index (χ1v) is 8.05. The largest absolute Gasteiger partial charge is 0.491 e. The summed E-state index contributed by atoms with van der Waals surface area (Å²) in [6, 6.07) is 1.55. The van der Waals surface area contributed by atoms with Crippen molar-refractivity contribution in [1.29, 1.82) is 0 Å². The van der Waals surface area contributed by atoms with Gasteiger partial charge in [0.25, 0.3) is 0 Å². The van der Waals surface area contributed by atoms with Gasteiger partial charge in [-0.2, -0.15) is 0 Å². The highest BCUT2D eigenvalue weighted by molar-refractivity contribution is 7.22. The molecule has 0 unspecified atom stereocenters. The molecule has 0 spiro atoms. The molecule has 1 heterocycles. The van der Waals surface area contributed by atoms with Crippen LogP contribution in [0.4, 0.5) is 10.8 Å². The second kappa shape index (κ2) is 7.26. The van der Waals surface area contributed by atoms with E-state index in [0.29, 0.717) is 34.3 Å². The van der Waals surface area contributed by atoms with E-state index >= 15 is 0 Å². The summed E-state index contributed by atoms with van der Waals surface area (Å²) in [5.74, 6) is 0.724. The van der Waals surface area contributed by atoms with Crippen molar-refractivity contribution in [3.8, 4) is 11.5 Å². The first-order valence-electron chi connectivity index (χ1n) is 7.23. The maximum absolute atomic E-state index is 11.4. The van der Waals surface area contributed by atoms with Gasteiger partial charge in [0, 0.05) is 12.6 Å². The molecule has 22 heavy (non-hydrogen) atoms. The number of nitrogens with one attached hydrogen (secondary N) is 1. The molecule has 0 aliphatic carbocycles. The van der Waals surface area contributed by atoms with Gasteiger partial charge in [0.1, 0.15) is 10.2 Å². The third-order valence-electron chi connectivity index (χ3n) is 2.88. The Kier molecular flexibility index (Phi) is 5.37. The normalized spacial score (nSPS) is 10.7. The van der Waals surface area contributed by atoms with Crippen molar-refractivity contribution in [2.75, 3.05) is 25.1 Å². The van der Waals surface area contributed by atoms with Crippen LogP contribution in [-0.4, -0.2) is 29.7 Å². The molecule has 1 aromatic carbocycles. The van der Waals surface area contributed by atoms with Crippen LogP contribution < -0.4 is 14.8 Å². The Hall–Kier alpha value is -2.09. The average molecular weight is 325 g/mol. The molecular formula is C14H19N3O4S. The number of aromatic nitrogens is 1. The maximum Gasteiger partial charge on any atom is 0.330 e. The molecular weight excluding hydrogens is 306 g/mol. The Balaban J connectivity index is 2.64. The molecule has 0 bridgehead atoms. The Morgan fingerprint density at radius 2 is 1.95 bits per heavy atom. The fraction of sp³-hybridized carbons (Fsp3) is 0.500. The number of nitro groups is 1. The van der Waals surface area contributed by atoms with Crippen molar-refractivity contribution in [2.24, 2.45) is 0 Å². The number of hydrogen-bond acceptors (Lipinski definition) is 7. The van der Waals surface area contributed by atoms with Gasteiger partial charge in [-0.25, -0.2) is 4.98 Å². The number of rotatable bonds is 8. The molecule has 0 radical (unpaired) electrons. The zero-order chi connectivity index (χ0) is 16.1. The van der Waals surface area contributed by atoms with E-state index in [1.165, 1.54) is 11.3 Å². The Morgan fingerprint density at radius 1 is 1.27 bits per heavy atom. The van der Waals surface area contributed by atoms with Crippen molar-refractivity contribution in [3.63, 3.8) is 0 Å². The molecule has 8 heteroatoms. The molecule has 0 atom stereocenters. The number of fused-ring (bicyclic) bond motifs is 1. The fourth-order valence-corrected chi connectivity index (χ4v) is 3.05. The number of anilines is 1. The lowest BCUT2D eigenvalue weighted by atomic mass is 10.2. The van der Waals surface area contributed by atoms with E-state index in [-0.39, 0.29) is 11.4 Å². The topological polar surface area (TPSA) is 86.5 Å². The standard InChI is InChI=1S/C14H19N3O4S/c1-4-7-15-14-16-11-9(20-5-2)8-10(21-6-3)12(17(18)19)13(11)22-14/h8H,4-7H2,1-3H3,(H,15,16). The van der Waals surface area contributed by atoms with Crippen LogP contribution in [0.5, 0.6) is 11.5 Å². The lowest BCUT2D eigenvalue weighted by molar-refractivity contribution is -0.383. The minimum Gasteiger partial charge on any atom is -0.491 e. The van der Waals surface area contributed by atoms with Crippen LogP contribution in [0.15, 0.2) is 6.07 Å². The summed E-state index contributed by atoms with van der Waals surface area (Å²) in [7, 11) is 0. The van der Waals surface area contributed by atoms with Gasteiger partial charge in [-0.3, -0.25) is 10.1 Å². The molecule has 1 aromatic heterocycles. The van der Waals surface area contributed by atoms with Gasteiger partial charge in [-0.05, 0) is 20.3 Å². The van der Waals surface area contributed by atoms with Crippen LogP contribution in [0.25, 0.3) is 10.2 Å². The summed E-state index contributed by atoms with van der Waals surface area (Å²) in [5.41, 5.74) is 0.447. The highest BCUT2D eigenvalue weighted by atomic mass is 32.1. The number of benzene rings is 1. The SMILES string of the molecule is CCCNc1nc2c(OCC)cc(OCC)c([N+](=O)[O-])c2s1. The number of hydrogen-bond donors (Lipinski definition) is 1. The lowest BCUT2D eigenvalue weighted by Crippen LogP contribution is -2.00. The third-order valence-corrected chi connectivity index (χ3v) is 3.90. The maximum atomic E-state index is 11.4. The van der Waals surface area contributed by atoms with Crippen molar-refractivity contribution in [2.45, 2.75) is 27.2 Å². The summed E-state index contributed by atoms with van der Waals surface area (Å²) in [5, 5.41) is 15.3. The fourth-order valence-electron chi connectivity index (χ4n) is 2.03. The molecule has 120 valence electrons. The first kappa shape index (κ1) is 16.3. The van der Waals surface area contributed by atoms with E-state index in [1.54, 1.807) is 13.0 Å².